The minimum Gasteiger partial charge on any atom is -0.385 e. The summed E-state index contributed by atoms with van der Waals surface area (Å²) < 4.78 is 5.44. The van der Waals surface area contributed by atoms with E-state index in [1.165, 1.54) is 19.3 Å². The van der Waals surface area contributed by atoms with Crippen molar-refractivity contribution >= 4 is 17.7 Å². The van der Waals surface area contributed by atoms with Gasteiger partial charge >= 0.3 is 0 Å². The van der Waals surface area contributed by atoms with E-state index in [0.29, 0.717) is 5.41 Å². The molecule has 4 nitrogen and oxygen atoms in total. The van der Waals surface area contributed by atoms with Crippen molar-refractivity contribution in [3.05, 3.63) is 0 Å². The zero-order valence-electron chi connectivity index (χ0n) is 14.4. The van der Waals surface area contributed by atoms with Crippen molar-refractivity contribution in [1.82, 2.24) is 10.6 Å². The van der Waals surface area contributed by atoms with E-state index >= 15 is 0 Å². The molecule has 1 aliphatic rings. The molecule has 0 heterocycles. The highest BCUT2D eigenvalue weighted by molar-refractivity contribution is 7.99. The van der Waals surface area contributed by atoms with Gasteiger partial charge in [0.25, 0.3) is 0 Å². The summed E-state index contributed by atoms with van der Waals surface area (Å²) in [4.78, 5) is 4.74. The van der Waals surface area contributed by atoms with E-state index in [2.05, 4.69) is 37.7 Å². The number of rotatable bonds is 9. The van der Waals surface area contributed by atoms with Gasteiger partial charge in [-0.15, -0.1) is 0 Å². The topological polar surface area (TPSA) is 45.7 Å². The quantitative estimate of drug-likeness (QED) is 0.507. The van der Waals surface area contributed by atoms with Gasteiger partial charge in [0.05, 0.1) is 6.54 Å². The van der Waals surface area contributed by atoms with Gasteiger partial charge in [0.2, 0.25) is 0 Å². The summed E-state index contributed by atoms with van der Waals surface area (Å²) in [5, 5.41) is 6.90. The first-order valence-corrected chi connectivity index (χ1v) is 9.26. The zero-order valence-corrected chi connectivity index (χ0v) is 15.2. The average molecular weight is 316 g/mol. The van der Waals surface area contributed by atoms with Crippen LogP contribution in [0.5, 0.6) is 0 Å². The van der Waals surface area contributed by atoms with Crippen molar-refractivity contribution in [1.29, 1.82) is 0 Å². The number of nitrogens with one attached hydrogen (secondary N) is 2. The molecule has 0 atom stereocenters. The number of aliphatic imine (C=N–C) groups is 1. The maximum atomic E-state index is 5.26. The number of guanidine groups is 1. The number of methoxy groups -OCH3 is 1. The Morgan fingerprint density at radius 2 is 2.05 bits per heavy atom. The van der Waals surface area contributed by atoms with Gasteiger partial charge in [-0.2, -0.15) is 11.8 Å². The van der Waals surface area contributed by atoms with E-state index in [1.54, 1.807) is 7.11 Å². The SMILES string of the molecule is CCNC(=NCC(C)(C)SC)NCC1(CCOC)CCC1. The number of hydrogen-bond donors (Lipinski definition) is 2. The second-order valence-electron chi connectivity index (χ2n) is 6.61. The Hall–Kier alpha value is -0.420. The van der Waals surface area contributed by atoms with Gasteiger partial charge in [0.15, 0.2) is 5.96 Å². The van der Waals surface area contributed by atoms with E-state index in [9.17, 15) is 0 Å². The molecule has 2 N–H and O–H groups in total. The monoisotopic (exact) mass is 315 g/mol. The van der Waals surface area contributed by atoms with Crippen LogP contribution in [0.1, 0.15) is 46.5 Å². The maximum Gasteiger partial charge on any atom is 0.191 e. The van der Waals surface area contributed by atoms with E-state index in [-0.39, 0.29) is 4.75 Å². The van der Waals surface area contributed by atoms with Gasteiger partial charge in [-0.1, -0.05) is 6.42 Å². The van der Waals surface area contributed by atoms with Crippen LogP contribution in [0.4, 0.5) is 0 Å². The Labute approximate surface area is 134 Å². The van der Waals surface area contributed by atoms with Crippen LogP contribution >= 0.6 is 11.8 Å². The van der Waals surface area contributed by atoms with Gasteiger partial charge in [-0.05, 0) is 51.7 Å². The van der Waals surface area contributed by atoms with E-state index < -0.39 is 0 Å². The molecule has 0 unspecified atom stereocenters. The molecule has 0 aromatic heterocycles. The molecule has 0 spiro atoms. The molecule has 0 amide bonds. The third-order valence-corrected chi connectivity index (χ3v) is 5.63. The molecule has 0 radical (unpaired) electrons. The van der Waals surface area contributed by atoms with Crippen LogP contribution in [0.2, 0.25) is 0 Å². The highest BCUT2D eigenvalue weighted by Gasteiger charge is 2.36. The maximum absolute atomic E-state index is 5.26. The van der Waals surface area contributed by atoms with Crippen molar-refractivity contribution in [2.75, 3.05) is 39.6 Å². The van der Waals surface area contributed by atoms with Crippen molar-refractivity contribution in [2.24, 2.45) is 10.4 Å². The highest BCUT2D eigenvalue weighted by atomic mass is 32.2. The summed E-state index contributed by atoms with van der Waals surface area (Å²) in [6.45, 7) is 10.2. The molecule has 1 saturated carbocycles. The fourth-order valence-corrected chi connectivity index (χ4v) is 2.65. The minimum absolute atomic E-state index is 0.187. The third-order valence-electron chi connectivity index (χ3n) is 4.40. The van der Waals surface area contributed by atoms with Crippen LogP contribution in [0.15, 0.2) is 4.99 Å². The summed E-state index contributed by atoms with van der Waals surface area (Å²) in [6.07, 6.45) is 7.24. The number of hydrogen-bond acceptors (Lipinski definition) is 3. The Morgan fingerprint density at radius 3 is 2.52 bits per heavy atom. The van der Waals surface area contributed by atoms with Gasteiger partial charge in [-0.3, -0.25) is 4.99 Å². The molecule has 124 valence electrons. The summed E-state index contributed by atoms with van der Waals surface area (Å²) in [6, 6.07) is 0. The van der Waals surface area contributed by atoms with Crippen molar-refractivity contribution in [3.8, 4) is 0 Å². The third kappa shape index (κ3) is 6.47. The van der Waals surface area contributed by atoms with E-state index in [4.69, 9.17) is 9.73 Å². The smallest absolute Gasteiger partial charge is 0.191 e. The minimum atomic E-state index is 0.187. The summed E-state index contributed by atoms with van der Waals surface area (Å²) in [5.74, 6) is 0.948. The van der Waals surface area contributed by atoms with Crippen molar-refractivity contribution in [2.45, 2.75) is 51.2 Å². The van der Waals surface area contributed by atoms with Crippen molar-refractivity contribution < 1.29 is 4.74 Å². The second-order valence-corrected chi connectivity index (χ2v) is 8.12. The lowest BCUT2D eigenvalue weighted by Crippen LogP contribution is -2.47. The molecular formula is C16H33N3OS. The molecule has 0 bridgehead atoms. The van der Waals surface area contributed by atoms with Crippen LogP contribution in [-0.4, -0.2) is 50.3 Å². The fourth-order valence-electron chi connectivity index (χ4n) is 2.46. The zero-order chi connectivity index (χ0) is 15.8. The molecule has 1 fully saturated rings. The first kappa shape index (κ1) is 18.6. The number of thioether (sulfide) groups is 1. The molecule has 5 heteroatoms. The van der Waals surface area contributed by atoms with Gasteiger partial charge in [0, 0.05) is 31.6 Å². The van der Waals surface area contributed by atoms with Crippen LogP contribution in [-0.2, 0) is 4.74 Å². The molecule has 0 aromatic carbocycles. The molecule has 0 aliphatic heterocycles. The Morgan fingerprint density at radius 1 is 1.33 bits per heavy atom. The lowest BCUT2D eigenvalue weighted by molar-refractivity contribution is 0.0732. The summed E-state index contributed by atoms with van der Waals surface area (Å²) in [7, 11) is 1.79. The summed E-state index contributed by atoms with van der Waals surface area (Å²) >= 11 is 1.86. The predicted octanol–water partition coefficient (Wildman–Crippen LogP) is 2.89. The standard InChI is InChI=1S/C16H33N3OS/c1-6-17-14(18-12-15(2,3)21-5)19-13-16(8-7-9-16)10-11-20-4/h6-13H2,1-5H3,(H2,17,18,19). The normalized spacial score (nSPS) is 18.2. The van der Waals surface area contributed by atoms with Crippen LogP contribution in [0, 0.1) is 5.41 Å². The molecule has 21 heavy (non-hydrogen) atoms. The Kier molecular flexibility index (Phi) is 7.88. The van der Waals surface area contributed by atoms with Crippen LogP contribution < -0.4 is 10.6 Å². The van der Waals surface area contributed by atoms with Gasteiger partial charge < -0.3 is 15.4 Å². The highest BCUT2D eigenvalue weighted by Crippen LogP contribution is 2.43. The summed E-state index contributed by atoms with van der Waals surface area (Å²) in [5.41, 5.74) is 0.418. The van der Waals surface area contributed by atoms with E-state index in [0.717, 1.165) is 38.6 Å². The van der Waals surface area contributed by atoms with Gasteiger partial charge in [0.1, 0.15) is 0 Å². The Bertz CT molecular complexity index is 327. The van der Waals surface area contributed by atoms with E-state index in [1.807, 2.05) is 11.8 Å². The van der Waals surface area contributed by atoms with Crippen molar-refractivity contribution in [3.63, 3.8) is 0 Å². The first-order chi connectivity index (χ1) is 9.97. The average Bonchev–Trinajstić information content (AvgIpc) is 2.43. The predicted molar refractivity (Wildman–Crippen MR) is 94.4 cm³/mol. The molecule has 1 rings (SSSR count). The first-order valence-electron chi connectivity index (χ1n) is 8.03. The largest absolute Gasteiger partial charge is 0.385 e. The van der Waals surface area contributed by atoms with Gasteiger partial charge in [-0.25, -0.2) is 0 Å². The Balaban J connectivity index is 2.51. The molecule has 0 aromatic rings. The molecule has 1 aliphatic carbocycles. The van der Waals surface area contributed by atoms with Crippen LogP contribution in [0.25, 0.3) is 0 Å². The number of ether oxygens (including phenoxy) is 1. The second kappa shape index (κ2) is 8.89. The molecule has 0 saturated heterocycles. The lowest BCUT2D eigenvalue weighted by atomic mass is 9.67. The van der Waals surface area contributed by atoms with Crippen LogP contribution in [0.3, 0.4) is 0 Å². The lowest BCUT2D eigenvalue weighted by Gasteiger charge is -2.42. The number of nitrogens with zero attached hydrogens (tertiary/aromatic N) is 1. The molecular weight excluding hydrogens is 282 g/mol. The fraction of sp³-hybridized carbons (Fsp3) is 0.938.